The topological polar surface area (TPSA) is 44.8 Å². The fourth-order valence-electron chi connectivity index (χ4n) is 1.78. The average Bonchev–Trinajstić information content (AvgIpc) is 2.52. The van der Waals surface area contributed by atoms with Gasteiger partial charge >= 0.3 is 5.97 Å². The van der Waals surface area contributed by atoms with Gasteiger partial charge in [-0.2, -0.15) is 0 Å². The van der Waals surface area contributed by atoms with E-state index in [1.807, 2.05) is 0 Å². The number of hydrogen-bond donors (Lipinski definition) is 0. The Balaban J connectivity index is 2.04. The van der Waals surface area contributed by atoms with Crippen molar-refractivity contribution in [3.8, 4) is 11.5 Å². The summed E-state index contributed by atoms with van der Waals surface area (Å²) in [5.74, 6) is -0.390. The molecule has 0 atom stereocenters. The van der Waals surface area contributed by atoms with Gasteiger partial charge in [-0.3, -0.25) is 0 Å². The van der Waals surface area contributed by atoms with Crippen LogP contribution in [0.25, 0.3) is 0 Å². The quantitative estimate of drug-likeness (QED) is 0.793. The Labute approximate surface area is 122 Å². The number of carbonyl (C=O) groups excluding carboxylic acids is 1. The Bertz CT molecular complexity index is 640. The minimum absolute atomic E-state index is 0.0432. The van der Waals surface area contributed by atoms with Crippen molar-refractivity contribution in [1.82, 2.24) is 0 Å². The van der Waals surface area contributed by atoms with E-state index < -0.39 is 11.8 Å². The zero-order valence-corrected chi connectivity index (χ0v) is 11.8. The average molecular weight is 290 g/mol. The predicted octanol–water partition coefficient (Wildman–Crippen LogP) is 3.20. The van der Waals surface area contributed by atoms with E-state index in [1.165, 1.54) is 19.2 Å². The van der Waals surface area contributed by atoms with E-state index in [4.69, 9.17) is 14.2 Å². The van der Waals surface area contributed by atoms with E-state index in [0.717, 1.165) is 11.6 Å². The molecule has 0 radical (unpaired) electrons. The number of halogens is 1. The zero-order valence-electron chi connectivity index (χ0n) is 11.8. The highest BCUT2D eigenvalue weighted by molar-refractivity contribution is 5.89. The lowest BCUT2D eigenvalue weighted by molar-refractivity contribution is 0.0467. The molecule has 0 amide bonds. The molecule has 0 aromatic heterocycles. The van der Waals surface area contributed by atoms with Crippen LogP contribution in [0.5, 0.6) is 11.5 Å². The van der Waals surface area contributed by atoms with Crippen LogP contribution < -0.4 is 9.47 Å². The van der Waals surface area contributed by atoms with Crippen molar-refractivity contribution in [3.63, 3.8) is 0 Å². The third-order valence-electron chi connectivity index (χ3n) is 2.90. The predicted molar refractivity (Wildman–Crippen MR) is 75.1 cm³/mol. The molecule has 0 spiro atoms. The molecular formula is C16H15FO4. The Hall–Kier alpha value is -2.56. The Kier molecular flexibility index (Phi) is 4.77. The second kappa shape index (κ2) is 6.74. The molecule has 0 heterocycles. The monoisotopic (exact) mass is 290 g/mol. The molecule has 0 saturated heterocycles. The van der Waals surface area contributed by atoms with Gasteiger partial charge in [0.2, 0.25) is 0 Å². The molecule has 2 rings (SSSR count). The standard InChI is InChI=1S/C16H15FO4/c1-19-12-5-3-4-11(8-12)10-21-16(18)14-7-6-13(20-2)9-15(14)17/h3-9H,10H2,1-2H3. The van der Waals surface area contributed by atoms with Crippen LogP contribution in [0, 0.1) is 5.82 Å². The van der Waals surface area contributed by atoms with E-state index in [2.05, 4.69) is 0 Å². The van der Waals surface area contributed by atoms with E-state index in [1.54, 1.807) is 31.4 Å². The van der Waals surface area contributed by atoms with Crippen LogP contribution in [0.15, 0.2) is 42.5 Å². The van der Waals surface area contributed by atoms with Crippen LogP contribution in [-0.4, -0.2) is 20.2 Å². The van der Waals surface area contributed by atoms with Crippen molar-refractivity contribution >= 4 is 5.97 Å². The van der Waals surface area contributed by atoms with Gasteiger partial charge in [0.25, 0.3) is 0 Å². The van der Waals surface area contributed by atoms with Gasteiger partial charge in [-0.25, -0.2) is 9.18 Å². The van der Waals surface area contributed by atoms with Crippen molar-refractivity contribution in [1.29, 1.82) is 0 Å². The van der Waals surface area contributed by atoms with E-state index in [-0.39, 0.29) is 12.2 Å². The summed E-state index contributed by atoms with van der Waals surface area (Å²) in [6.45, 7) is 0.0432. The molecule has 5 heteroatoms. The van der Waals surface area contributed by atoms with E-state index in [9.17, 15) is 9.18 Å². The van der Waals surface area contributed by atoms with Crippen LogP contribution in [0.3, 0.4) is 0 Å². The highest BCUT2D eigenvalue weighted by atomic mass is 19.1. The minimum Gasteiger partial charge on any atom is -0.497 e. The largest absolute Gasteiger partial charge is 0.497 e. The van der Waals surface area contributed by atoms with Crippen molar-refractivity contribution in [3.05, 3.63) is 59.4 Å². The zero-order chi connectivity index (χ0) is 15.2. The van der Waals surface area contributed by atoms with Gasteiger partial charge in [-0.05, 0) is 29.8 Å². The first-order valence-corrected chi connectivity index (χ1v) is 6.27. The molecule has 0 aliphatic carbocycles. The molecule has 0 bridgehead atoms. The summed E-state index contributed by atoms with van der Waals surface area (Å²) in [6.07, 6.45) is 0. The summed E-state index contributed by atoms with van der Waals surface area (Å²) in [7, 11) is 2.98. The first-order valence-electron chi connectivity index (χ1n) is 6.27. The van der Waals surface area contributed by atoms with Gasteiger partial charge in [-0.15, -0.1) is 0 Å². The summed E-state index contributed by atoms with van der Waals surface area (Å²) in [6, 6.07) is 11.1. The maximum absolute atomic E-state index is 13.7. The normalized spacial score (nSPS) is 10.0. The highest BCUT2D eigenvalue weighted by Crippen LogP contribution is 2.18. The third kappa shape index (κ3) is 3.72. The van der Waals surface area contributed by atoms with Crippen LogP contribution in [0.2, 0.25) is 0 Å². The lowest BCUT2D eigenvalue weighted by Crippen LogP contribution is -2.07. The summed E-state index contributed by atoms with van der Waals surface area (Å²) >= 11 is 0. The molecule has 0 saturated carbocycles. The van der Waals surface area contributed by atoms with E-state index >= 15 is 0 Å². The maximum Gasteiger partial charge on any atom is 0.341 e. The number of carbonyl (C=O) groups is 1. The summed E-state index contributed by atoms with van der Waals surface area (Å²) < 4.78 is 28.8. The van der Waals surface area contributed by atoms with E-state index in [0.29, 0.717) is 11.5 Å². The van der Waals surface area contributed by atoms with Gasteiger partial charge < -0.3 is 14.2 Å². The fourth-order valence-corrected chi connectivity index (χ4v) is 1.78. The number of rotatable bonds is 5. The van der Waals surface area contributed by atoms with Crippen LogP contribution >= 0.6 is 0 Å². The van der Waals surface area contributed by atoms with Gasteiger partial charge in [-0.1, -0.05) is 12.1 Å². The SMILES string of the molecule is COc1cccc(COC(=O)c2ccc(OC)cc2F)c1. The molecule has 0 fully saturated rings. The minimum atomic E-state index is -0.724. The molecule has 0 aliphatic rings. The molecule has 2 aromatic carbocycles. The molecule has 4 nitrogen and oxygen atoms in total. The van der Waals surface area contributed by atoms with Crippen molar-refractivity contribution in [2.24, 2.45) is 0 Å². The van der Waals surface area contributed by atoms with Crippen LogP contribution in [-0.2, 0) is 11.3 Å². The number of hydrogen-bond acceptors (Lipinski definition) is 4. The van der Waals surface area contributed by atoms with Crippen molar-refractivity contribution in [2.75, 3.05) is 14.2 Å². The second-order valence-corrected chi connectivity index (χ2v) is 4.27. The molecular weight excluding hydrogens is 275 g/mol. The molecule has 0 unspecified atom stereocenters. The first kappa shape index (κ1) is 14.8. The lowest BCUT2D eigenvalue weighted by Gasteiger charge is -2.08. The molecule has 21 heavy (non-hydrogen) atoms. The highest BCUT2D eigenvalue weighted by Gasteiger charge is 2.14. The Morgan fingerprint density at radius 2 is 1.76 bits per heavy atom. The van der Waals surface area contributed by atoms with Gasteiger partial charge in [0.05, 0.1) is 19.8 Å². The number of benzene rings is 2. The summed E-state index contributed by atoms with van der Waals surface area (Å²) in [5.41, 5.74) is 0.635. The third-order valence-corrected chi connectivity index (χ3v) is 2.90. The molecule has 0 aliphatic heterocycles. The second-order valence-electron chi connectivity index (χ2n) is 4.27. The van der Waals surface area contributed by atoms with Gasteiger partial charge in [0.1, 0.15) is 23.9 Å². The summed E-state index contributed by atoms with van der Waals surface area (Å²) in [5, 5.41) is 0. The first-order chi connectivity index (χ1) is 10.1. The Morgan fingerprint density at radius 3 is 2.43 bits per heavy atom. The number of esters is 1. The summed E-state index contributed by atoms with van der Waals surface area (Å²) in [4.78, 5) is 11.9. The van der Waals surface area contributed by atoms with Crippen molar-refractivity contribution in [2.45, 2.75) is 6.61 Å². The lowest BCUT2D eigenvalue weighted by atomic mass is 10.2. The van der Waals surface area contributed by atoms with Crippen LogP contribution in [0.4, 0.5) is 4.39 Å². The maximum atomic E-state index is 13.7. The molecule has 110 valence electrons. The Morgan fingerprint density at radius 1 is 1.05 bits per heavy atom. The number of methoxy groups -OCH3 is 2. The van der Waals surface area contributed by atoms with Crippen molar-refractivity contribution < 1.29 is 23.4 Å². The van der Waals surface area contributed by atoms with Crippen LogP contribution in [0.1, 0.15) is 15.9 Å². The molecule has 0 N–H and O–H groups in total. The fraction of sp³-hybridized carbons (Fsp3) is 0.188. The number of ether oxygens (including phenoxy) is 3. The molecule has 2 aromatic rings. The van der Waals surface area contributed by atoms with Gasteiger partial charge in [0.15, 0.2) is 0 Å². The van der Waals surface area contributed by atoms with Gasteiger partial charge in [0, 0.05) is 6.07 Å². The smallest absolute Gasteiger partial charge is 0.341 e.